The average Bonchev–Trinajstić information content (AvgIpc) is 2.42. The molecule has 0 aliphatic rings. The van der Waals surface area contributed by atoms with Crippen molar-refractivity contribution in [1.29, 1.82) is 0 Å². The zero-order chi connectivity index (χ0) is 14.1. The Labute approximate surface area is 116 Å². The third kappa shape index (κ3) is 5.64. The number of hydrogen-bond acceptors (Lipinski definition) is 4. The number of rotatable bonds is 8. The van der Waals surface area contributed by atoms with E-state index in [0.717, 1.165) is 30.1 Å². The van der Waals surface area contributed by atoms with Gasteiger partial charge in [-0.1, -0.05) is 19.8 Å². The summed E-state index contributed by atoms with van der Waals surface area (Å²) >= 11 is 0. The largest absolute Gasteiger partial charge is 0.493 e. The predicted octanol–water partition coefficient (Wildman–Crippen LogP) is 3.16. The van der Waals surface area contributed by atoms with Crippen LogP contribution in [-0.2, 0) is 0 Å². The van der Waals surface area contributed by atoms with Gasteiger partial charge in [0.15, 0.2) is 11.5 Å². The minimum atomic E-state index is 0.731. The molecule has 0 unspecified atom stereocenters. The second-order valence-corrected chi connectivity index (χ2v) is 4.56. The van der Waals surface area contributed by atoms with Crippen molar-refractivity contribution >= 4 is 6.21 Å². The van der Waals surface area contributed by atoms with E-state index in [1.807, 2.05) is 32.3 Å². The van der Waals surface area contributed by atoms with Crippen LogP contribution in [0.5, 0.6) is 11.5 Å². The lowest BCUT2D eigenvalue weighted by Crippen LogP contribution is -2.02. The summed E-state index contributed by atoms with van der Waals surface area (Å²) in [6.07, 6.45) is 5.25. The van der Waals surface area contributed by atoms with E-state index >= 15 is 0 Å². The quantitative estimate of drug-likeness (QED) is 0.411. The molecule has 106 valence electrons. The Morgan fingerprint density at radius 2 is 2.00 bits per heavy atom. The number of hydrazone groups is 1. The van der Waals surface area contributed by atoms with Gasteiger partial charge >= 0.3 is 0 Å². The van der Waals surface area contributed by atoms with Crippen molar-refractivity contribution in [2.45, 2.75) is 26.2 Å². The Morgan fingerprint density at radius 3 is 2.63 bits per heavy atom. The van der Waals surface area contributed by atoms with E-state index in [9.17, 15) is 0 Å². The van der Waals surface area contributed by atoms with Gasteiger partial charge in [-0.05, 0) is 30.2 Å². The van der Waals surface area contributed by atoms with Crippen molar-refractivity contribution in [1.82, 2.24) is 5.01 Å². The standard InChI is InChI=1S/C15H24N2O2/c1-5-6-7-10-19-14-9-8-13(11-15(14)18-4)12-16-17(2)3/h8-9,11-12H,5-7,10H2,1-4H3/b16-12+. The van der Waals surface area contributed by atoms with Gasteiger partial charge < -0.3 is 14.5 Å². The van der Waals surface area contributed by atoms with Gasteiger partial charge in [0, 0.05) is 14.1 Å². The van der Waals surface area contributed by atoms with Crippen molar-refractivity contribution in [2.24, 2.45) is 5.10 Å². The highest BCUT2D eigenvalue weighted by Crippen LogP contribution is 2.27. The Hall–Kier alpha value is -1.71. The molecule has 0 aliphatic heterocycles. The molecule has 0 fully saturated rings. The van der Waals surface area contributed by atoms with Crippen molar-refractivity contribution in [3.05, 3.63) is 23.8 Å². The van der Waals surface area contributed by atoms with Gasteiger partial charge in [-0.15, -0.1) is 0 Å². The highest BCUT2D eigenvalue weighted by Gasteiger charge is 2.04. The number of hydrogen-bond donors (Lipinski definition) is 0. The normalized spacial score (nSPS) is 10.7. The first-order valence-electron chi connectivity index (χ1n) is 6.69. The summed E-state index contributed by atoms with van der Waals surface area (Å²) in [6.45, 7) is 2.91. The summed E-state index contributed by atoms with van der Waals surface area (Å²) in [5.41, 5.74) is 0.992. The van der Waals surface area contributed by atoms with Crippen molar-refractivity contribution in [3.8, 4) is 11.5 Å². The molecule has 19 heavy (non-hydrogen) atoms. The van der Waals surface area contributed by atoms with Gasteiger partial charge in [0.2, 0.25) is 0 Å². The van der Waals surface area contributed by atoms with Gasteiger partial charge in [-0.25, -0.2) is 0 Å². The molecule has 0 spiro atoms. The maximum absolute atomic E-state index is 5.73. The maximum atomic E-state index is 5.73. The van der Waals surface area contributed by atoms with Crippen molar-refractivity contribution in [3.63, 3.8) is 0 Å². The van der Waals surface area contributed by atoms with Crippen LogP contribution in [0.4, 0.5) is 0 Å². The first-order chi connectivity index (χ1) is 9.17. The van der Waals surface area contributed by atoms with Gasteiger partial charge in [0.05, 0.1) is 19.9 Å². The van der Waals surface area contributed by atoms with E-state index < -0.39 is 0 Å². The smallest absolute Gasteiger partial charge is 0.161 e. The average molecular weight is 264 g/mol. The number of unbranched alkanes of at least 4 members (excludes halogenated alkanes) is 2. The SMILES string of the molecule is CCCCCOc1ccc(/C=N/N(C)C)cc1OC. The van der Waals surface area contributed by atoms with Crippen LogP contribution in [0.1, 0.15) is 31.7 Å². The number of benzene rings is 1. The monoisotopic (exact) mass is 264 g/mol. The van der Waals surface area contributed by atoms with Gasteiger partial charge in [-0.2, -0.15) is 5.10 Å². The molecule has 0 saturated heterocycles. The minimum absolute atomic E-state index is 0.731. The molecule has 1 aromatic rings. The Kier molecular flexibility index (Phi) is 6.79. The first-order valence-corrected chi connectivity index (χ1v) is 6.69. The van der Waals surface area contributed by atoms with Crippen LogP contribution in [0.25, 0.3) is 0 Å². The highest BCUT2D eigenvalue weighted by molar-refractivity contribution is 5.80. The molecular formula is C15H24N2O2. The highest BCUT2D eigenvalue weighted by atomic mass is 16.5. The molecule has 0 amide bonds. The lowest BCUT2D eigenvalue weighted by atomic mass is 10.2. The van der Waals surface area contributed by atoms with Crippen molar-refractivity contribution < 1.29 is 9.47 Å². The van der Waals surface area contributed by atoms with E-state index in [1.54, 1.807) is 18.3 Å². The number of ether oxygens (including phenoxy) is 2. The summed E-state index contributed by atoms with van der Waals surface area (Å²) in [5.74, 6) is 1.54. The molecule has 1 aromatic carbocycles. The van der Waals surface area contributed by atoms with E-state index in [2.05, 4.69) is 12.0 Å². The van der Waals surface area contributed by atoms with Crippen LogP contribution in [-0.4, -0.2) is 39.0 Å². The molecule has 0 aliphatic carbocycles. The summed E-state index contributed by atoms with van der Waals surface area (Å²) in [6, 6.07) is 5.84. The fourth-order valence-electron chi connectivity index (χ4n) is 1.60. The summed E-state index contributed by atoms with van der Waals surface area (Å²) in [7, 11) is 5.43. The third-order valence-corrected chi connectivity index (χ3v) is 2.63. The van der Waals surface area contributed by atoms with E-state index in [4.69, 9.17) is 9.47 Å². The van der Waals surface area contributed by atoms with Crippen LogP contribution < -0.4 is 9.47 Å². The van der Waals surface area contributed by atoms with Crippen LogP contribution in [0.15, 0.2) is 23.3 Å². The topological polar surface area (TPSA) is 34.1 Å². The number of methoxy groups -OCH3 is 1. The van der Waals surface area contributed by atoms with E-state index in [0.29, 0.717) is 0 Å². The maximum Gasteiger partial charge on any atom is 0.161 e. The first kappa shape index (κ1) is 15.3. The number of nitrogens with zero attached hydrogens (tertiary/aromatic N) is 2. The van der Waals surface area contributed by atoms with Crippen LogP contribution in [0.3, 0.4) is 0 Å². The fourth-order valence-corrected chi connectivity index (χ4v) is 1.60. The predicted molar refractivity (Wildman–Crippen MR) is 79.3 cm³/mol. The third-order valence-electron chi connectivity index (χ3n) is 2.63. The lowest BCUT2D eigenvalue weighted by Gasteiger charge is -2.11. The van der Waals surface area contributed by atoms with Crippen LogP contribution in [0.2, 0.25) is 0 Å². The van der Waals surface area contributed by atoms with Crippen LogP contribution in [0, 0.1) is 0 Å². The fraction of sp³-hybridized carbons (Fsp3) is 0.533. The zero-order valence-corrected chi connectivity index (χ0v) is 12.3. The molecule has 0 atom stereocenters. The second kappa shape index (κ2) is 8.40. The second-order valence-electron chi connectivity index (χ2n) is 4.56. The summed E-state index contributed by atoms with van der Waals surface area (Å²) in [5, 5.41) is 5.95. The van der Waals surface area contributed by atoms with Gasteiger partial charge in [-0.3, -0.25) is 0 Å². The molecule has 0 heterocycles. The van der Waals surface area contributed by atoms with Gasteiger partial charge in [0.25, 0.3) is 0 Å². The van der Waals surface area contributed by atoms with E-state index in [1.165, 1.54) is 12.8 Å². The molecule has 0 saturated carbocycles. The molecule has 0 bridgehead atoms. The van der Waals surface area contributed by atoms with Gasteiger partial charge in [0.1, 0.15) is 0 Å². The van der Waals surface area contributed by atoms with Crippen LogP contribution >= 0.6 is 0 Å². The minimum Gasteiger partial charge on any atom is -0.493 e. The van der Waals surface area contributed by atoms with Crippen molar-refractivity contribution in [2.75, 3.05) is 27.8 Å². The Balaban J connectivity index is 2.67. The Morgan fingerprint density at radius 1 is 1.21 bits per heavy atom. The Bertz CT molecular complexity index is 403. The molecule has 1 rings (SSSR count). The lowest BCUT2D eigenvalue weighted by molar-refractivity contribution is 0.286. The zero-order valence-electron chi connectivity index (χ0n) is 12.3. The molecule has 4 heteroatoms. The summed E-state index contributed by atoms with van der Waals surface area (Å²) in [4.78, 5) is 0. The summed E-state index contributed by atoms with van der Waals surface area (Å²) < 4.78 is 11.1. The molecule has 0 aromatic heterocycles. The van der Waals surface area contributed by atoms with E-state index in [-0.39, 0.29) is 0 Å². The molecule has 4 nitrogen and oxygen atoms in total. The molecule has 0 radical (unpaired) electrons. The molecular weight excluding hydrogens is 240 g/mol. The molecule has 0 N–H and O–H groups in total.